The SMILES string of the molecule is OCC(F)(F)c1ccc2c(c1)CCCS2. The molecule has 1 N–H and O–H groups in total. The van der Waals surface area contributed by atoms with Gasteiger partial charge in [0.15, 0.2) is 0 Å². The first-order valence-electron chi connectivity index (χ1n) is 4.88. The maximum Gasteiger partial charge on any atom is 0.295 e. The van der Waals surface area contributed by atoms with Crippen LogP contribution < -0.4 is 0 Å². The summed E-state index contributed by atoms with van der Waals surface area (Å²) in [5.41, 5.74) is 0.906. The minimum Gasteiger partial charge on any atom is -0.390 e. The zero-order valence-electron chi connectivity index (χ0n) is 8.17. The van der Waals surface area contributed by atoms with Crippen LogP contribution in [0.3, 0.4) is 0 Å². The van der Waals surface area contributed by atoms with Crippen LogP contribution in [0.15, 0.2) is 23.1 Å². The Hall–Kier alpha value is -0.610. The Bertz CT molecular complexity index is 366. The molecule has 4 heteroatoms. The third-order valence-corrected chi connectivity index (χ3v) is 3.73. The number of alkyl halides is 2. The van der Waals surface area contributed by atoms with Crippen LogP contribution in [-0.4, -0.2) is 17.5 Å². The standard InChI is InChI=1S/C11H12F2OS/c12-11(13,7-14)9-3-4-10-8(6-9)2-1-5-15-10/h3-4,6,14H,1-2,5,7H2. The molecule has 15 heavy (non-hydrogen) atoms. The Morgan fingerprint density at radius 2 is 2.20 bits per heavy atom. The van der Waals surface area contributed by atoms with Gasteiger partial charge in [0.25, 0.3) is 5.92 Å². The van der Waals surface area contributed by atoms with Crippen molar-refractivity contribution in [3.63, 3.8) is 0 Å². The summed E-state index contributed by atoms with van der Waals surface area (Å²) in [6.07, 6.45) is 1.89. The Kier molecular flexibility index (Phi) is 2.98. The molecule has 1 heterocycles. The van der Waals surface area contributed by atoms with E-state index in [0.29, 0.717) is 0 Å². The lowest BCUT2D eigenvalue weighted by Gasteiger charge is -2.19. The van der Waals surface area contributed by atoms with Crippen molar-refractivity contribution in [2.24, 2.45) is 0 Å². The number of aliphatic hydroxyl groups excluding tert-OH is 1. The fourth-order valence-corrected chi connectivity index (χ4v) is 2.70. The molecule has 0 saturated heterocycles. The molecule has 0 aliphatic carbocycles. The van der Waals surface area contributed by atoms with E-state index < -0.39 is 12.5 Å². The monoisotopic (exact) mass is 230 g/mol. The molecule has 1 aromatic carbocycles. The van der Waals surface area contributed by atoms with Gasteiger partial charge in [-0.3, -0.25) is 0 Å². The van der Waals surface area contributed by atoms with Crippen LogP contribution in [0.2, 0.25) is 0 Å². The molecule has 2 rings (SSSR count). The highest BCUT2D eigenvalue weighted by molar-refractivity contribution is 7.99. The van der Waals surface area contributed by atoms with Gasteiger partial charge < -0.3 is 5.11 Å². The van der Waals surface area contributed by atoms with Crippen LogP contribution in [0.5, 0.6) is 0 Å². The molecule has 0 saturated carbocycles. The second-order valence-electron chi connectivity index (χ2n) is 3.64. The largest absolute Gasteiger partial charge is 0.390 e. The van der Waals surface area contributed by atoms with Gasteiger partial charge in [0.2, 0.25) is 0 Å². The average molecular weight is 230 g/mol. The summed E-state index contributed by atoms with van der Waals surface area (Å²) in [5.74, 6) is -2.06. The minimum atomic E-state index is -3.11. The Labute approximate surface area is 91.5 Å². The number of hydrogen-bond donors (Lipinski definition) is 1. The molecule has 0 fully saturated rings. The lowest BCUT2D eigenvalue weighted by molar-refractivity contribution is -0.0557. The van der Waals surface area contributed by atoms with Gasteiger partial charge in [-0.25, -0.2) is 0 Å². The highest BCUT2D eigenvalue weighted by atomic mass is 32.2. The van der Waals surface area contributed by atoms with E-state index >= 15 is 0 Å². The fourth-order valence-electron chi connectivity index (χ4n) is 1.68. The van der Waals surface area contributed by atoms with E-state index in [1.165, 1.54) is 12.1 Å². The molecule has 0 radical (unpaired) electrons. The van der Waals surface area contributed by atoms with E-state index in [0.717, 1.165) is 29.1 Å². The van der Waals surface area contributed by atoms with Crippen molar-refractivity contribution in [3.8, 4) is 0 Å². The Balaban J connectivity index is 2.36. The third kappa shape index (κ3) is 2.16. The van der Waals surface area contributed by atoms with Crippen LogP contribution in [0.25, 0.3) is 0 Å². The number of fused-ring (bicyclic) bond motifs is 1. The summed E-state index contributed by atoms with van der Waals surface area (Å²) in [5, 5.41) is 8.60. The van der Waals surface area contributed by atoms with Gasteiger partial charge in [0, 0.05) is 10.5 Å². The van der Waals surface area contributed by atoms with E-state index in [4.69, 9.17) is 5.11 Å². The molecule has 0 bridgehead atoms. The smallest absolute Gasteiger partial charge is 0.295 e. The molecule has 0 atom stereocenters. The molecule has 1 aliphatic rings. The predicted octanol–water partition coefficient (Wildman–Crippen LogP) is 2.81. The summed E-state index contributed by atoms with van der Waals surface area (Å²) in [6, 6.07) is 4.67. The van der Waals surface area contributed by atoms with Crippen molar-refractivity contribution >= 4 is 11.8 Å². The molecule has 0 amide bonds. The van der Waals surface area contributed by atoms with Gasteiger partial charge in [0.1, 0.15) is 6.61 Å². The number of rotatable bonds is 2. The Morgan fingerprint density at radius 1 is 1.40 bits per heavy atom. The highest BCUT2D eigenvalue weighted by Gasteiger charge is 2.31. The van der Waals surface area contributed by atoms with E-state index in [1.807, 2.05) is 0 Å². The first-order chi connectivity index (χ1) is 7.13. The fraction of sp³-hybridized carbons (Fsp3) is 0.455. The summed E-state index contributed by atoms with van der Waals surface area (Å²) >= 11 is 1.71. The van der Waals surface area contributed by atoms with Gasteiger partial charge in [-0.2, -0.15) is 8.78 Å². The molecule has 0 unspecified atom stereocenters. The minimum absolute atomic E-state index is 0.0775. The predicted molar refractivity (Wildman–Crippen MR) is 56.5 cm³/mol. The second-order valence-corrected chi connectivity index (χ2v) is 4.77. The normalized spacial score (nSPS) is 16.2. The maximum atomic E-state index is 13.2. The van der Waals surface area contributed by atoms with Crippen molar-refractivity contribution < 1.29 is 13.9 Å². The highest BCUT2D eigenvalue weighted by Crippen LogP contribution is 2.34. The molecule has 0 aromatic heterocycles. The van der Waals surface area contributed by atoms with Crippen molar-refractivity contribution in [2.75, 3.05) is 12.4 Å². The molecule has 1 aromatic rings. The molecular formula is C11H12F2OS. The van der Waals surface area contributed by atoms with Gasteiger partial charge in [-0.1, -0.05) is 6.07 Å². The number of aliphatic hydroxyl groups is 1. The Morgan fingerprint density at radius 3 is 2.93 bits per heavy atom. The van der Waals surface area contributed by atoms with Crippen LogP contribution in [-0.2, 0) is 12.3 Å². The number of hydrogen-bond acceptors (Lipinski definition) is 2. The third-order valence-electron chi connectivity index (χ3n) is 2.53. The van der Waals surface area contributed by atoms with Gasteiger partial charge >= 0.3 is 0 Å². The van der Waals surface area contributed by atoms with Crippen molar-refractivity contribution in [3.05, 3.63) is 29.3 Å². The zero-order valence-corrected chi connectivity index (χ0v) is 8.99. The van der Waals surface area contributed by atoms with E-state index in [9.17, 15) is 8.78 Å². The van der Waals surface area contributed by atoms with Crippen LogP contribution in [0, 0.1) is 0 Å². The lowest BCUT2D eigenvalue weighted by atomic mass is 10.0. The summed E-state index contributed by atoms with van der Waals surface area (Å²) in [6.45, 7) is -1.13. The molecule has 0 spiro atoms. The van der Waals surface area contributed by atoms with Crippen LogP contribution in [0.4, 0.5) is 8.78 Å². The first-order valence-corrected chi connectivity index (χ1v) is 5.87. The van der Waals surface area contributed by atoms with Gasteiger partial charge in [0.05, 0.1) is 0 Å². The van der Waals surface area contributed by atoms with E-state index in [1.54, 1.807) is 17.8 Å². The number of thioether (sulfide) groups is 1. The van der Waals surface area contributed by atoms with Gasteiger partial charge in [-0.05, 0) is 36.3 Å². The zero-order chi connectivity index (χ0) is 10.9. The maximum absolute atomic E-state index is 13.2. The molecule has 1 nitrogen and oxygen atoms in total. The molecule has 82 valence electrons. The second kappa shape index (κ2) is 4.10. The lowest BCUT2D eigenvalue weighted by Crippen LogP contribution is -2.19. The van der Waals surface area contributed by atoms with Crippen molar-refractivity contribution in [2.45, 2.75) is 23.7 Å². The molecule has 1 aliphatic heterocycles. The first kappa shape index (κ1) is 10.9. The van der Waals surface area contributed by atoms with E-state index in [2.05, 4.69) is 0 Å². The van der Waals surface area contributed by atoms with Crippen LogP contribution >= 0.6 is 11.8 Å². The number of benzene rings is 1. The number of halogens is 2. The summed E-state index contributed by atoms with van der Waals surface area (Å²) in [4.78, 5) is 1.10. The topological polar surface area (TPSA) is 20.2 Å². The molecular weight excluding hydrogens is 218 g/mol. The van der Waals surface area contributed by atoms with Gasteiger partial charge in [-0.15, -0.1) is 11.8 Å². The summed E-state index contributed by atoms with van der Waals surface area (Å²) < 4.78 is 26.4. The number of aryl methyl sites for hydroxylation is 1. The van der Waals surface area contributed by atoms with E-state index in [-0.39, 0.29) is 5.56 Å². The van der Waals surface area contributed by atoms with Crippen LogP contribution in [0.1, 0.15) is 17.5 Å². The van der Waals surface area contributed by atoms with Crippen molar-refractivity contribution in [1.29, 1.82) is 0 Å². The summed E-state index contributed by atoms with van der Waals surface area (Å²) in [7, 11) is 0. The van der Waals surface area contributed by atoms with Crippen molar-refractivity contribution in [1.82, 2.24) is 0 Å². The average Bonchev–Trinajstić information content (AvgIpc) is 2.28. The quantitative estimate of drug-likeness (QED) is 0.843.